The highest BCUT2D eigenvalue weighted by atomic mass is 16.2. The number of nitrogens with zero attached hydrogens (tertiary/aromatic N) is 1. The van der Waals surface area contributed by atoms with E-state index >= 15 is 0 Å². The molecule has 0 heterocycles. The summed E-state index contributed by atoms with van der Waals surface area (Å²) in [5.74, 6) is 0.158. The number of amides is 1. The minimum atomic E-state index is 0.0184. The van der Waals surface area contributed by atoms with Gasteiger partial charge in [0.2, 0.25) is 5.91 Å². The van der Waals surface area contributed by atoms with E-state index in [1.54, 1.807) is 4.90 Å². The van der Waals surface area contributed by atoms with Crippen LogP contribution in [0, 0.1) is 5.41 Å². The van der Waals surface area contributed by atoms with E-state index in [0.717, 1.165) is 19.4 Å². The van der Waals surface area contributed by atoms with Crippen molar-refractivity contribution in [2.45, 2.75) is 53.0 Å². The SMILES string of the molecule is CCCC(N)CC(=O)N(C)CC(C)(C)C. The number of rotatable bonds is 5. The van der Waals surface area contributed by atoms with Crippen LogP contribution in [0.1, 0.15) is 47.0 Å². The van der Waals surface area contributed by atoms with Crippen molar-refractivity contribution >= 4 is 5.91 Å². The van der Waals surface area contributed by atoms with Gasteiger partial charge in [-0.05, 0) is 11.8 Å². The van der Waals surface area contributed by atoms with Crippen molar-refractivity contribution in [3.8, 4) is 0 Å². The Balaban J connectivity index is 3.99. The maximum Gasteiger partial charge on any atom is 0.223 e. The third kappa shape index (κ3) is 7.37. The van der Waals surface area contributed by atoms with Crippen molar-refractivity contribution < 1.29 is 4.79 Å². The molecule has 3 heteroatoms. The summed E-state index contributed by atoms with van der Waals surface area (Å²) in [6, 6.07) is 0.0184. The van der Waals surface area contributed by atoms with Gasteiger partial charge in [-0.1, -0.05) is 34.1 Å². The van der Waals surface area contributed by atoms with Gasteiger partial charge in [-0.3, -0.25) is 4.79 Å². The van der Waals surface area contributed by atoms with Crippen LogP contribution in [0.2, 0.25) is 0 Å². The van der Waals surface area contributed by atoms with Gasteiger partial charge >= 0.3 is 0 Å². The number of hydrogen-bond acceptors (Lipinski definition) is 2. The Bertz CT molecular complexity index is 196. The van der Waals surface area contributed by atoms with Gasteiger partial charge in [0.1, 0.15) is 0 Å². The number of carbonyl (C=O) groups is 1. The zero-order chi connectivity index (χ0) is 12.1. The third-order valence-electron chi connectivity index (χ3n) is 2.23. The molecular weight excluding hydrogens is 188 g/mol. The molecule has 0 aromatic carbocycles. The van der Waals surface area contributed by atoms with E-state index in [2.05, 4.69) is 27.7 Å². The van der Waals surface area contributed by atoms with Crippen LogP contribution >= 0.6 is 0 Å². The molecule has 3 nitrogen and oxygen atoms in total. The molecule has 0 aliphatic rings. The molecule has 0 aromatic heterocycles. The Morgan fingerprint density at radius 3 is 2.33 bits per heavy atom. The van der Waals surface area contributed by atoms with E-state index in [1.807, 2.05) is 7.05 Å². The van der Waals surface area contributed by atoms with Gasteiger partial charge in [0.25, 0.3) is 0 Å². The molecule has 0 rings (SSSR count). The first-order valence-electron chi connectivity index (χ1n) is 5.76. The number of carbonyl (C=O) groups excluding carboxylic acids is 1. The van der Waals surface area contributed by atoms with Gasteiger partial charge in [-0.25, -0.2) is 0 Å². The third-order valence-corrected chi connectivity index (χ3v) is 2.23. The van der Waals surface area contributed by atoms with E-state index in [9.17, 15) is 4.79 Å². The largest absolute Gasteiger partial charge is 0.345 e. The molecule has 0 bridgehead atoms. The molecule has 0 saturated heterocycles. The first-order valence-corrected chi connectivity index (χ1v) is 5.76. The van der Waals surface area contributed by atoms with Crippen molar-refractivity contribution in [2.75, 3.05) is 13.6 Å². The highest BCUT2D eigenvalue weighted by molar-refractivity contribution is 5.76. The molecule has 2 N–H and O–H groups in total. The molecule has 0 aliphatic carbocycles. The zero-order valence-corrected chi connectivity index (χ0v) is 10.8. The number of hydrogen-bond donors (Lipinski definition) is 1. The quantitative estimate of drug-likeness (QED) is 0.761. The van der Waals surface area contributed by atoms with Gasteiger partial charge in [-0.2, -0.15) is 0 Å². The fraction of sp³-hybridized carbons (Fsp3) is 0.917. The van der Waals surface area contributed by atoms with Gasteiger partial charge in [-0.15, -0.1) is 0 Å². The van der Waals surface area contributed by atoms with E-state index < -0.39 is 0 Å². The second kappa shape index (κ2) is 6.11. The maximum atomic E-state index is 11.8. The smallest absolute Gasteiger partial charge is 0.223 e. The van der Waals surface area contributed by atoms with Crippen molar-refractivity contribution in [1.82, 2.24) is 4.90 Å². The van der Waals surface area contributed by atoms with E-state index in [4.69, 9.17) is 5.73 Å². The van der Waals surface area contributed by atoms with E-state index in [-0.39, 0.29) is 17.4 Å². The summed E-state index contributed by atoms with van der Waals surface area (Å²) in [6.45, 7) is 9.25. The van der Waals surface area contributed by atoms with Crippen LogP contribution in [0.25, 0.3) is 0 Å². The normalized spacial score (nSPS) is 13.7. The van der Waals surface area contributed by atoms with Crippen molar-refractivity contribution in [3.63, 3.8) is 0 Å². The van der Waals surface area contributed by atoms with Crippen LogP contribution in [-0.4, -0.2) is 30.4 Å². The molecule has 15 heavy (non-hydrogen) atoms. The first-order chi connectivity index (χ1) is 6.76. The van der Waals surface area contributed by atoms with Gasteiger partial charge in [0.15, 0.2) is 0 Å². The zero-order valence-electron chi connectivity index (χ0n) is 10.8. The molecular formula is C12H26N2O. The van der Waals surface area contributed by atoms with Crippen LogP contribution < -0.4 is 5.73 Å². The Kier molecular flexibility index (Phi) is 5.88. The van der Waals surface area contributed by atoms with Gasteiger partial charge in [0, 0.05) is 26.1 Å². The van der Waals surface area contributed by atoms with Crippen molar-refractivity contribution in [2.24, 2.45) is 11.1 Å². The molecule has 1 unspecified atom stereocenters. The van der Waals surface area contributed by atoms with Gasteiger partial charge in [0.05, 0.1) is 0 Å². The highest BCUT2D eigenvalue weighted by Gasteiger charge is 2.18. The average molecular weight is 214 g/mol. The second-order valence-electron chi connectivity index (χ2n) is 5.56. The number of nitrogens with two attached hydrogens (primary N) is 1. The van der Waals surface area contributed by atoms with Crippen LogP contribution in [0.3, 0.4) is 0 Å². The first kappa shape index (κ1) is 14.4. The standard InChI is InChI=1S/C12H26N2O/c1-6-7-10(13)8-11(15)14(5)9-12(2,3)4/h10H,6-9,13H2,1-5H3. The summed E-state index contributed by atoms with van der Waals surface area (Å²) in [5, 5.41) is 0. The monoisotopic (exact) mass is 214 g/mol. The molecule has 0 aliphatic heterocycles. The minimum absolute atomic E-state index is 0.0184. The summed E-state index contributed by atoms with van der Waals surface area (Å²) in [7, 11) is 1.85. The Morgan fingerprint density at radius 1 is 1.40 bits per heavy atom. The predicted molar refractivity (Wildman–Crippen MR) is 64.6 cm³/mol. The van der Waals surface area contributed by atoms with Crippen LogP contribution in [0.4, 0.5) is 0 Å². The van der Waals surface area contributed by atoms with E-state index in [1.165, 1.54) is 0 Å². The molecule has 0 spiro atoms. The molecule has 1 amide bonds. The Morgan fingerprint density at radius 2 is 1.93 bits per heavy atom. The lowest BCUT2D eigenvalue weighted by molar-refractivity contribution is -0.131. The average Bonchev–Trinajstić information content (AvgIpc) is 2.00. The van der Waals surface area contributed by atoms with Crippen LogP contribution in [-0.2, 0) is 4.79 Å². The predicted octanol–water partition coefficient (Wildman–Crippen LogP) is 2.01. The Labute approximate surface area is 94.0 Å². The lowest BCUT2D eigenvalue weighted by Gasteiger charge is -2.27. The molecule has 0 saturated carbocycles. The molecule has 0 aromatic rings. The van der Waals surface area contributed by atoms with Gasteiger partial charge < -0.3 is 10.6 Å². The lowest BCUT2D eigenvalue weighted by Crippen LogP contribution is -2.37. The summed E-state index contributed by atoms with van der Waals surface area (Å²) in [4.78, 5) is 13.5. The van der Waals surface area contributed by atoms with Crippen molar-refractivity contribution in [3.05, 3.63) is 0 Å². The highest BCUT2D eigenvalue weighted by Crippen LogP contribution is 2.15. The minimum Gasteiger partial charge on any atom is -0.345 e. The maximum absolute atomic E-state index is 11.8. The summed E-state index contributed by atoms with van der Waals surface area (Å²) >= 11 is 0. The summed E-state index contributed by atoms with van der Waals surface area (Å²) < 4.78 is 0. The fourth-order valence-corrected chi connectivity index (χ4v) is 1.65. The molecule has 90 valence electrons. The summed E-state index contributed by atoms with van der Waals surface area (Å²) in [6.07, 6.45) is 2.44. The van der Waals surface area contributed by atoms with Crippen LogP contribution in [0.15, 0.2) is 0 Å². The Hall–Kier alpha value is -0.570. The van der Waals surface area contributed by atoms with E-state index in [0.29, 0.717) is 6.42 Å². The fourth-order valence-electron chi connectivity index (χ4n) is 1.65. The summed E-state index contributed by atoms with van der Waals surface area (Å²) in [5.41, 5.74) is 5.99. The molecule has 0 fully saturated rings. The second-order valence-corrected chi connectivity index (χ2v) is 5.56. The molecule has 0 radical (unpaired) electrons. The van der Waals surface area contributed by atoms with Crippen LogP contribution in [0.5, 0.6) is 0 Å². The van der Waals surface area contributed by atoms with Crippen molar-refractivity contribution in [1.29, 1.82) is 0 Å². The topological polar surface area (TPSA) is 46.3 Å². The molecule has 1 atom stereocenters. The lowest BCUT2D eigenvalue weighted by atomic mass is 9.96.